The van der Waals surface area contributed by atoms with E-state index in [2.05, 4.69) is 29.5 Å². The van der Waals surface area contributed by atoms with E-state index in [1.165, 1.54) is 0 Å². The van der Waals surface area contributed by atoms with Gasteiger partial charge in [0.15, 0.2) is 5.96 Å². The normalized spacial score (nSPS) is 16.2. The molecule has 1 heterocycles. The van der Waals surface area contributed by atoms with E-state index >= 15 is 0 Å². The highest BCUT2D eigenvalue weighted by Crippen LogP contribution is 2.11. The summed E-state index contributed by atoms with van der Waals surface area (Å²) in [6.07, 6.45) is 2.77. The van der Waals surface area contributed by atoms with Gasteiger partial charge in [-0.25, -0.2) is 4.79 Å². The molecule has 0 atom stereocenters. The van der Waals surface area contributed by atoms with Crippen LogP contribution in [-0.2, 0) is 4.74 Å². The largest absolute Gasteiger partial charge is 0.450 e. The second-order valence-electron chi connectivity index (χ2n) is 5.79. The molecule has 1 rings (SSSR count). The van der Waals surface area contributed by atoms with Gasteiger partial charge in [0, 0.05) is 32.7 Å². The molecule has 0 saturated carbocycles. The number of hydrogen-bond donors (Lipinski definition) is 2. The second-order valence-corrected chi connectivity index (χ2v) is 5.79. The number of piperidine rings is 1. The molecule has 0 aromatic rings. The van der Waals surface area contributed by atoms with Crippen LogP contribution < -0.4 is 10.6 Å². The minimum absolute atomic E-state index is 0. The number of aliphatic imine (C=N–C) groups is 1. The molecule has 2 N–H and O–H groups in total. The third-order valence-corrected chi connectivity index (χ3v) is 3.60. The van der Waals surface area contributed by atoms with Crippen LogP contribution in [0.5, 0.6) is 0 Å². The third-order valence-electron chi connectivity index (χ3n) is 3.60. The fourth-order valence-corrected chi connectivity index (χ4v) is 2.29. The summed E-state index contributed by atoms with van der Waals surface area (Å²) in [5.41, 5.74) is 0. The van der Waals surface area contributed by atoms with Gasteiger partial charge in [0.25, 0.3) is 0 Å². The molecule has 0 aromatic carbocycles. The maximum Gasteiger partial charge on any atom is 0.409 e. The standard InChI is InChI=1S/C15H30N4O2.HI/c1-5-21-15(20)19-10-7-13(8-11-19)18-14(16-4)17-9-6-12(2)3;/h12-13H,5-11H2,1-4H3,(H2,16,17,18);1H. The quantitative estimate of drug-likeness (QED) is 0.403. The average molecular weight is 426 g/mol. The van der Waals surface area contributed by atoms with E-state index in [0.29, 0.717) is 18.6 Å². The van der Waals surface area contributed by atoms with Crippen molar-refractivity contribution in [1.29, 1.82) is 0 Å². The summed E-state index contributed by atoms with van der Waals surface area (Å²) < 4.78 is 5.02. The minimum atomic E-state index is -0.199. The van der Waals surface area contributed by atoms with Gasteiger partial charge in [-0.3, -0.25) is 4.99 Å². The number of amides is 1. The Bertz CT molecular complexity index is 342. The van der Waals surface area contributed by atoms with Crippen LogP contribution in [0, 0.1) is 5.92 Å². The Kier molecular flexibility index (Phi) is 11.4. The summed E-state index contributed by atoms with van der Waals surface area (Å²) in [4.78, 5) is 17.7. The number of ether oxygens (including phenoxy) is 1. The minimum Gasteiger partial charge on any atom is -0.450 e. The number of nitrogens with zero attached hydrogens (tertiary/aromatic N) is 2. The highest BCUT2D eigenvalue weighted by Gasteiger charge is 2.23. The van der Waals surface area contributed by atoms with Gasteiger partial charge >= 0.3 is 6.09 Å². The third kappa shape index (κ3) is 8.05. The number of rotatable bonds is 5. The van der Waals surface area contributed by atoms with E-state index in [-0.39, 0.29) is 30.1 Å². The molecule has 1 saturated heterocycles. The lowest BCUT2D eigenvalue weighted by atomic mass is 10.1. The van der Waals surface area contributed by atoms with E-state index in [0.717, 1.165) is 44.9 Å². The van der Waals surface area contributed by atoms with Crippen LogP contribution in [0.15, 0.2) is 4.99 Å². The molecule has 1 aliphatic heterocycles. The number of hydrogen-bond acceptors (Lipinski definition) is 3. The van der Waals surface area contributed by atoms with Gasteiger partial charge < -0.3 is 20.3 Å². The fourth-order valence-electron chi connectivity index (χ4n) is 2.29. The first kappa shape index (κ1) is 21.3. The van der Waals surface area contributed by atoms with E-state index in [1.54, 1.807) is 11.9 Å². The van der Waals surface area contributed by atoms with Gasteiger partial charge in [0.05, 0.1) is 6.61 Å². The zero-order chi connectivity index (χ0) is 15.7. The Morgan fingerprint density at radius 3 is 2.50 bits per heavy atom. The van der Waals surface area contributed by atoms with Crippen LogP contribution in [0.4, 0.5) is 4.79 Å². The lowest BCUT2D eigenvalue weighted by molar-refractivity contribution is 0.0963. The van der Waals surface area contributed by atoms with Gasteiger partial charge in [-0.05, 0) is 32.1 Å². The number of guanidine groups is 1. The second kappa shape index (κ2) is 11.8. The lowest BCUT2D eigenvalue weighted by Crippen LogP contribution is -2.50. The Hall–Kier alpha value is -0.730. The van der Waals surface area contributed by atoms with E-state index in [4.69, 9.17) is 4.74 Å². The van der Waals surface area contributed by atoms with Crippen molar-refractivity contribution in [3.8, 4) is 0 Å². The van der Waals surface area contributed by atoms with Crippen LogP contribution in [0.2, 0.25) is 0 Å². The molecule has 0 radical (unpaired) electrons. The first-order valence-electron chi connectivity index (χ1n) is 7.95. The monoisotopic (exact) mass is 426 g/mol. The number of likely N-dealkylation sites (tertiary alicyclic amines) is 1. The van der Waals surface area contributed by atoms with Crippen molar-refractivity contribution in [2.24, 2.45) is 10.9 Å². The molecule has 0 bridgehead atoms. The Morgan fingerprint density at radius 1 is 1.36 bits per heavy atom. The number of carbonyl (C=O) groups excluding carboxylic acids is 1. The molecule has 1 amide bonds. The van der Waals surface area contributed by atoms with Crippen LogP contribution in [0.3, 0.4) is 0 Å². The topological polar surface area (TPSA) is 66.0 Å². The van der Waals surface area contributed by atoms with Gasteiger partial charge in [0.2, 0.25) is 0 Å². The highest BCUT2D eigenvalue weighted by atomic mass is 127. The summed E-state index contributed by atoms with van der Waals surface area (Å²) in [6.45, 7) is 9.09. The molecular weight excluding hydrogens is 395 g/mol. The average Bonchev–Trinajstić information content (AvgIpc) is 2.46. The Labute approximate surface area is 151 Å². The van der Waals surface area contributed by atoms with E-state index < -0.39 is 0 Å². The molecular formula is C15H31IN4O2. The Balaban J connectivity index is 0.00000441. The smallest absolute Gasteiger partial charge is 0.409 e. The molecule has 130 valence electrons. The summed E-state index contributed by atoms with van der Waals surface area (Å²) in [7, 11) is 1.79. The maximum absolute atomic E-state index is 11.6. The summed E-state index contributed by atoms with van der Waals surface area (Å²) >= 11 is 0. The number of halogens is 1. The maximum atomic E-state index is 11.6. The summed E-state index contributed by atoms with van der Waals surface area (Å²) in [5, 5.41) is 6.77. The molecule has 1 fully saturated rings. The fraction of sp³-hybridized carbons (Fsp3) is 0.867. The van der Waals surface area contributed by atoms with Gasteiger partial charge in [-0.2, -0.15) is 0 Å². The summed E-state index contributed by atoms with van der Waals surface area (Å²) in [5.74, 6) is 1.54. The van der Waals surface area contributed by atoms with Crippen molar-refractivity contribution in [1.82, 2.24) is 15.5 Å². The molecule has 6 nitrogen and oxygen atoms in total. The SMILES string of the molecule is CCOC(=O)N1CCC(NC(=NC)NCCC(C)C)CC1.I. The van der Waals surface area contributed by atoms with Crippen molar-refractivity contribution >= 4 is 36.0 Å². The van der Waals surface area contributed by atoms with Crippen LogP contribution in [0.1, 0.15) is 40.0 Å². The lowest BCUT2D eigenvalue weighted by Gasteiger charge is -2.32. The number of carbonyl (C=O) groups is 1. The van der Waals surface area contributed by atoms with E-state index in [9.17, 15) is 4.79 Å². The van der Waals surface area contributed by atoms with Gasteiger partial charge in [-0.15, -0.1) is 24.0 Å². The molecule has 0 aliphatic carbocycles. The predicted octanol–water partition coefficient (Wildman–Crippen LogP) is 2.44. The molecule has 22 heavy (non-hydrogen) atoms. The van der Waals surface area contributed by atoms with Gasteiger partial charge in [0.1, 0.15) is 0 Å². The zero-order valence-electron chi connectivity index (χ0n) is 14.2. The molecule has 0 unspecified atom stereocenters. The highest BCUT2D eigenvalue weighted by molar-refractivity contribution is 14.0. The van der Waals surface area contributed by atoms with Gasteiger partial charge in [-0.1, -0.05) is 13.8 Å². The van der Waals surface area contributed by atoms with E-state index in [1.807, 2.05) is 6.92 Å². The van der Waals surface area contributed by atoms with Crippen molar-refractivity contribution in [3.63, 3.8) is 0 Å². The first-order chi connectivity index (χ1) is 10.1. The predicted molar refractivity (Wildman–Crippen MR) is 101 cm³/mol. The summed E-state index contributed by atoms with van der Waals surface area (Å²) in [6, 6.07) is 0.362. The van der Waals surface area contributed by atoms with Crippen molar-refractivity contribution in [3.05, 3.63) is 0 Å². The molecule has 0 aromatic heterocycles. The molecule has 7 heteroatoms. The molecule has 0 spiro atoms. The van der Waals surface area contributed by atoms with Crippen LogP contribution in [0.25, 0.3) is 0 Å². The van der Waals surface area contributed by atoms with Crippen molar-refractivity contribution < 1.29 is 9.53 Å². The molecule has 1 aliphatic rings. The van der Waals surface area contributed by atoms with Crippen LogP contribution in [-0.4, -0.2) is 56.3 Å². The van der Waals surface area contributed by atoms with Crippen molar-refractivity contribution in [2.75, 3.05) is 33.3 Å². The number of nitrogens with one attached hydrogen (secondary N) is 2. The van der Waals surface area contributed by atoms with Crippen LogP contribution >= 0.6 is 24.0 Å². The zero-order valence-corrected chi connectivity index (χ0v) is 16.6. The van der Waals surface area contributed by atoms with Crippen molar-refractivity contribution in [2.45, 2.75) is 46.1 Å². The Morgan fingerprint density at radius 2 is 2.00 bits per heavy atom. The first-order valence-corrected chi connectivity index (χ1v) is 7.95.